The van der Waals surface area contributed by atoms with Gasteiger partial charge in [-0.2, -0.15) is 0 Å². The van der Waals surface area contributed by atoms with Crippen LogP contribution >= 0.6 is 0 Å². The second-order valence-electron chi connectivity index (χ2n) is 10.9. The van der Waals surface area contributed by atoms with E-state index in [0.717, 1.165) is 23.0 Å². The average Bonchev–Trinajstić information content (AvgIpc) is 3.45. The van der Waals surface area contributed by atoms with Gasteiger partial charge in [0.15, 0.2) is 0 Å². The number of hydrogen-bond donors (Lipinski definition) is 1. The van der Waals surface area contributed by atoms with Crippen LogP contribution in [-0.2, 0) is 16.8 Å². The number of nitrogens with zero attached hydrogens (tertiary/aromatic N) is 1. The van der Waals surface area contributed by atoms with E-state index in [9.17, 15) is 4.79 Å². The first-order valence-electron chi connectivity index (χ1n) is 12.6. The highest BCUT2D eigenvalue weighted by Crippen LogP contribution is 2.60. The Morgan fingerprint density at radius 3 is 2.29 bits per heavy atom. The lowest BCUT2D eigenvalue weighted by atomic mass is 9.64. The van der Waals surface area contributed by atoms with Crippen LogP contribution in [0.15, 0.2) is 72.9 Å². The summed E-state index contributed by atoms with van der Waals surface area (Å²) in [6.07, 6.45) is 6.41. The smallest absolute Gasteiger partial charge is 0.412 e. The molecule has 2 saturated carbocycles. The number of aromatic nitrogens is 1. The highest BCUT2D eigenvalue weighted by atomic mass is 16.6. The minimum atomic E-state index is -0.523. The highest BCUT2D eigenvalue weighted by Gasteiger charge is 2.52. The van der Waals surface area contributed by atoms with Crippen LogP contribution in [0.3, 0.4) is 0 Å². The minimum Gasteiger partial charge on any atom is -0.487 e. The molecule has 3 aromatic rings. The molecule has 182 valence electrons. The van der Waals surface area contributed by atoms with Gasteiger partial charge in [-0.1, -0.05) is 36.8 Å². The molecule has 3 unspecified atom stereocenters. The summed E-state index contributed by atoms with van der Waals surface area (Å²) in [5.41, 5.74) is 3.82. The molecule has 2 aromatic carbocycles. The van der Waals surface area contributed by atoms with E-state index in [1.54, 1.807) is 6.20 Å². The van der Waals surface area contributed by atoms with Crippen LogP contribution in [0, 0.1) is 11.8 Å². The zero-order valence-electron chi connectivity index (χ0n) is 20.8. The first kappa shape index (κ1) is 23.4. The van der Waals surface area contributed by atoms with Crippen LogP contribution in [0.4, 0.5) is 10.5 Å². The molecule has 1 heterocycles. The Morgan fingerprint density at radius 2 is 1.71 bits per heavy atom. The number of fused-ring (bicyclic) bond motifs is 2. The molecule has 2 fully saturated rings. The number of hydrogen-bond acceptors (Lipinski definition) is 4. The number of rotatable bonds is 6. The summed E-state index contributed by atoms with van der Waals surface area (Å²) >= 11 is 0. The molecule has 3 atom stereocenters. The van der Waals surface area contributed by atoms with E-state index in [4.69, 9.17) is 9.47 Å². The Balaban J connectivity index is 1.35. The largest absolute Gasteiger partial charge is 0.487 e. The number of anilines is 1. The molecule has 0 saturated heterocycles. The molecule has 0 aliphatic heterocycles. The molecule has 5 rings (SSSR count). The van der Waals surface area contributed by atoms with E-state index in [1.165, 1.54) is 36.8 Å². The van der Waals surface area contributed by atoms with Crippen LogP contribution in [0.5, 0.6) is 5.75 Å². The molecule has 0 spiro atoms. The predicted octanol–water partition coefficient (Wildman–Crippen LogP) is 7.11. The van der Waals surface area contributed by atoms with Gasteiger partial charge in [0.25, 0.3) is 0 Å². The van der Waals surface area contributed by atoms with Gasteiger partial charge >= 0.3 is 6.09 Å². The molecule has 5 heteroatoms. The quantitative estimate of drug-likeness (QED) is 0.417. The maximum absolute atomic E-state index is 12.2. The maximum atomic E-state index is 12.2. The number of carbonyl (C=O) groups is 1. The minimum absolute atomic E-state index is 0.00683. The SMILES string of the molecule is CC(C)(C)OC(=O)Nc1ccc(C2(c3ccc(OCc4ccccn4)cc3)CC3CCC2C3)cc1. The van der Waals surface area contributed by atoms with Crippen molar-refractivity contribution in [3.8, 4) is 5.75 Å². The molecular formula is C30H34N2O3. The van der Waals surface area contributed by atoms with E-state index in [-0.39, 0.29) is 5.41 Å². The van der Waals surface area contributed by atoms with Crippen LogP contribution in [0.25, 0.3) is 0 Å². The fraction of sp³-hybridized carbons (Fsp3) is 0.400. The first-order valence-corrected chi connectivity index (χ1v) is 12.6. The van der Waals surface area contributed by atoms with E-state index in [1.807, 2.05) is 51.1 Å². The molecular weight excluding hydrogens is 436 g/mol. The van der Waals surface area contributed by atoms with Gasteiger partial charge in [0, 0.05) is 17.3 Å². The predicted molar refractivity (Wildman–Crippen MR) is 138 cm³/mol. The second-order valence-corrected chi connectivity index (χ2v) is 10.9. The number of nitrogens with one attached hydrogen (secondary N) is 1. The Hall–Kier alpha value is -3.34. The Kier molecular flexibility index (Phi) is 6.26. The Morgan fingerprint density at radius 1 is 1.00 bits per heavy atom. The molecule has 1 N–H and O–H groups in total. The summed E-state index contributed by atoms with van der Waals surface area (Å²) < 4.78 is 11.4. The molecule has 5 nitrogen and oxygen atoms in total. The fourth-order valence-electron chi connectivity index (χ4n) is 5.97. The van der Waals surface area contributed by atoms with Crippen molar-refractivity contribution in [3.05, 3.63) is 89.7 Å². The van der Waals surface area contributed by atoms with Crippen molar-refractivity contribution >= 4 is 11.8 Å². The molecule has 1 aromatic heterocycles. The summed E-state index contributed by atoms with van der Waals surface area (Å²) in [6.45, 7) is 6.05. The van der Waals surface area contributed by atoms with Crippen LogP contribution in [0.2, 0.25) is 0 Å². The van der Waals surface area contributed by atoms with Crippen molar-refractivity contribution in [2.75, 3.05) is 5.32 Å². The van der Waals surface area contributed by atoms with Crippen LogP contribution in [0.1, 0.15) is 63.3 Å². The molecule has 1 amide bonds. The van der Waals surface area contributed by atoms with Crippen LogP contribution < -0.4 is 10.1 Å². The number of pyridine rings is 1. The monoisotopic (exact) mass is 470 g/mol. The normalized spacial score (nSPS) is 23.2. The summed E-state index contributed by atoms with van der Waals surface area (Å²) in [4.78, 5) is 16.5. The van der Waals surface area contributed by atoms with E-state index >= 15 is 0 Å². The van der Waals surface area contributed by atoms with E-state index in [2.05, 4.69) is 46.7 Å². The third-order valence-corrected chi connectivity index (χ3v) is 7.38. The van der Waals surface area contributed by atoms with Crippen LogP contribution in [-0.4, -0.2) is 16.7 Å². The second kappa shape index (κ2) is 9.37. The lowest BCUT2D eigenvalue weighted by Crippen LogP contribution is -2.34. The topological polar surface area (TPSA) is 60.5 Å². The Labute approximate surface area is 207 Å². The fourth-order valence-corrected chi connectivity index (χ4v) is 5.97. The van der Waals surface area contributed by atoms with Gasteiger partial charge in [0.05, 0.1) is 5.69 Å². The molecule has 35 heavy (non-hydrogen) atoms. The number of amides is 1. The van der Waals surface area contributed by atoms with Crippen molar-refractivity contribution in [3.63, 3.8) is 0 Å². The summed E-state index contributed by atoms with van der Waals surface area (Å²) in [6, 6.07) is 22.9. The third kappa shape index (κ3) is 5.04. The lowest BCUT2D eigenvalue weighted by Gasteiger charge is -2.39. The van der Waals surface area contributed by atoms with Gasteiger partial charge in [-0.25, -0.2) is 4.79 Å². The zero-order chi connectivity index (χ0) is 24.5. The standard InChI is InChI=1S/C30H34N2O3/c1-29(2,3)35-28(33)32-25-13-9-22(10-14-25)30(19-21-7-8-24(30)18-21)23-11-15-27(16-12-23)34-20-26-6-4-5-17-31-26/h4-6,9-17,21,24H,7-8,18-20H2,1-3H3,(H,32,33). The van der Waals surface area contributed by atoms with Crippen molar-refractivity contribution in [1.82, 2.24) is 4.98 Å². The van der Waals surface area contributed by atoms with E-state index < -0.39 is 11.7 Å². The van der Waals surface area contributed by atoms with Gasteiger partial charge in [-0.15, -0.1) is 0 Å². The molecule has 2 aliphatic carbocycles. The molecule has 2 bridgehead atoms. The van der Waals surface area contributed by atoms with Gasteiger partial charge in [0.1, 0.15) is 18.0 Å². The zero-order valence-corrected chi connectivity index (χ0v) is 20.8. The third-order valence-electron chi connectivity index (χ3n) is 7.38. The van der Waals surface area contributed by atoms with Gasteiger partial charge < -0.3 is 9.47 Å². The van der Waals surface area contributed by atoms with Crippen molar-refractivity contribution in [1.29, 1.82) is 0 Å². The average molecular weight is 471 g/mol. The van der Waals surface area contributed by atoms with Crippen molar-refractivity contribution in [2.45, 2.75) is 64.1 Å². The van der Waals surface area contributed by atoms with Crippen molar-refractivity contribution < 1.29 is 14.3 Å². The van der Waals surface area contributed by atoms with Gasteiger partial charge in [-0.05, 0) is 99.4 Å². The number of ether oxygens (including phenoxy) is 2. The molecule has 0 radical (unpaired) electrons. The summed E-state index contributed by atoms with van der Waals surface area (Å²) in [5.74, 6) is 2.27. The van der Waals surface area contributed by atoms with Crippen molar-refractivity contribution in [2.24, 2.45) is 11.8 Å². The Bertz CT molecular complexity index is 1150. The van der Waals surface area contributed by atoms with Gasteiger partial charge in [-0.3, -0.25) is 10.3 Å². The first-order chi connectivity index (χ1) is 16.8. The molecule has 2 aliphatic rings. The highest BCUT2D eigenvalue weighted by molar-refractivity contribution is 5.84. The van der Waals surface area contributed by atoms with E-state index in [0.29, 0.717) is 12.5 Å². The summed E-state index contributed by atoms with van der Waals surface area (Å²) in [7, 11) is 0. The van der Waals surface area contributed by atoms with Gasteiger partial charge in [0.2, 0.25) is 0 Å². The maximum Gasteiger partial charge on any atom is 0.412 e. The number of benzene rings is 2. The summed E-state index contributed by atoms with van der Waals surface area (Å²) in [5, 5.41) is 2.85. The number of carbonyl (C=O) groups excluding carboxylic acids is 1. The lowest BCUT2D eigenvalue weighted by molar-refractivity contribution is 0.0636.